The smallest absolute Gasteiger partial charge is 0.321 e. The van der Waals surface area contributed by atoms with Crippen molar-refractivity contribution in [3.05, 3.63) is 60.4 Å². The Morgan fingerprint density at radius 3 is 2.60 bits per heavy atom. The van der Waals surface area contributed by atoms with Crippen LogP contribution in [0.5, 0.6) is 0 Å². The van der Waals surface area contributed by atoms with E-state index in [1.54, 1.807) is 19.4 Å². The lowest BCUT2D eigenvalue weighted by molar-refractivity contribution is 0.206. The zero-order valence-corrected chi connectivity index (χ0v) is 14.8. The second-order valence-corrected chi connectivity index (χ2v) is 6.44. The highest BCUT2D eigenvalue weighted by atomic mass is 16.2. The molecule has 1 aliphatic heterocycles. The van der Waals surface area contributed by atoms with Crippen molar-refractivity contribution in [2.75, 3.05) is 31.6 Å². The fraction of sp³-hybridized carbons (Fsp3) is 0.400. The van der Waals surface area contributed by atoms with Crippen molar-refractivity contribution in [1.82, 2.24) is 15.2 Å². The maximum absolute atomic E-state index is 12.4. The van der Waals surface area contributed by atoms with Gasteiger partial charge in [-0.3, -0.25) is 9.88 Å². The molecule has 1 aromatic carbocycles. The van der Waals surface area contributed by atoms with Gasteiger partial charge in [0.05, 0.1) is 11.9 Å². The van der Waals surface area contributed by atoms with Crippen LogP contribution in [0.15, 0.2) is 54.9 Å². The average molecular weight is 338 g/mol. The van der Waals surface area contributed by atoms with Crippen molar-refractivity contribution < 1.29 is 4.79 Å². The van der Waals surface area contributed by atoms with Gasteiger partial charge in [0, 0.05) is 38.9 Å². The molecule has 132 valence electrons. The average Bonchev–Trinajstić information content (AvgIpc) is 2.69. The predicted octanol–water partition coefficient (Wildman–Crippen LogP) is 2.93. The van der Waals surface area contributed by atoms with Crippen LogP contribution >= 0.6 is 0 Å². The molecular weight excluding hydrogens is 312 g/mol. The molecule has 1 N–H and O–H groups in total. The molecule has 0 saturated carbocycles. The molecule has 3 rings (SSSR count). The molecule has 0 aliphatic carbocycles. The van der Waals surface area contributed by atoms with Gasteiger partial charge in [0.2, 0.25) is 0 Å². The molecule has 5 heteroatoms. The van der Waals surface area contributed by atoms with Gasteiger partial charge in [0.25, 0.3) is 0 Å². The minimum Gasteiger partial charge on any atom is -0.341 e. The van der Waals surface area contributed by atoms with E-state index < -0.39 is 0 Å². The highest BCUT2D eigenvalue weighted by Gasteiger charge is 2.28. The summed E-state index contributed by atoms with van der Waals surface area (Å²) in [7, 11) is 1.68. The highest BCUT2D eigenvalue weighted by molar-refractivity contribution is 5.92. The van der Waals surface area contributed by atoms with E-state index in [1.807, 2.05) is 17.0 Å². The number of hydrogen-bond acceptors (Lipinski definition) is 3. The van der Waals surface area contributed by atoms with E-state index in [4.69, 9.17) is 0 Å². The second-order valence-electron chi connectivity index (χ2n) is 6.44. The Hall–Kier alpha value is -2.40. The number of benzene rings is 1. The standard InChI is InChI=1S/C20H26N4O/c1-21-20(25)24(19-8-5-12-22-16-19)18-10-14-23(15-11-18)13-9-17-6-3-2-4-7-17/h2-8,12,16,18H,9-11,13-15H2,1H3,(H,21,25). The van der Waals surface area contributed by atoms with E-state index in [2.05, 4.69) is 45.5 Å². The van der Waals surface area contributed by atoms with Crippen LogP contribution in [-0.2, 0) is 6.42 Å². The number of amides is 2. The monoisotopic (exact) mass is 338 g/mol. The third kappa shape index (κ3) is 4.57. The molecule has 0 unspecified atom stereocenters. The number of nitrogens with zero attached hydrogens (tertiary/aromatic N) is 3. The van der Waals surface area contributed by atoms with Crippen LogP contribution < -0.4 is 10.2 Å². The Morgan fingerprint density at radius 1 is 1.20 bits per heavy atom. The summed E-state index contributed by atoms with van der Waals surface area (Å²) in [5.41, 5.74) is 2.25. The van der Waals surface area contributed by atoms with Crippen molar-refractivity contribution in [3.8, 4) is 0 Å². The summed E-state index contributed by atoms with van der Waals surface area (Å²) in [6.07, 6.45) is 6.54. The number of nitrogens with one attached hydrogen (secondary N) is 1. The normalized spacial score (nSPS) is 15.7. The van der Waals surface area contributed by atoms with Gasteiger partial charge in [-0.25, -0.2) is 4.79 Å². The fourth-order valence-electron chi connectivity index (χ4n) is 3.44. The minimum atomic E-state index is -0.0595. The van der Waals surface area contributed by atoms with E-state index >= 15 is 0 Å². The van der Waals surface area contributed by atoms with Crippen LogP contribution in [0.1, 0.15) is 18.4 Å². The number of rotatable bonds is 5. The van der Waals surface area contributed by atoms with Gasteiger partial charge in [-0.15, -0.1) is 0 Å². The molecular formula is C20H26N4O. The van der Waals surface area contributed by atoms with Gasteiger partial charge < -0.3 is 10.2 Å². The number of likely N-dealkylation sites (tertiary alicyclic amines) is 1. The summed E-state index contributed by atoms with van der Waals surface area (Å²) in [5.74, 6) is 0. The lowest BCUT2D eigenvalue weighted by Crippen LogP contribution is -2.50. The number of carbonyl (C=O) groups is 1. The topological polar surface area (TPSA) is 48.5 Å². The van der Waals surface area contributed by atoms with E-state index in [-0.39, 0.29) is 12.1 Å². The number of anilines is 1. The van der Waals surface area contributed by atoms with Crippen LogP contribution in [-0.4, -0.2) is 48.6 Å². The minimum absolute atomic E-state index is 0.0595. The number of pyridine rings is 1. The lowest BCUT2D eigenvalue weighted by Gasteiger charge is -2.38. The molecule has 0 atom stereocenters. The molecule has 0 radical (unpaired) electrons. The summed E-state index contributed by atoms with van der Waals surface area (Å²) < 4.78 is 0. The Kier molecular flexibility index (Phi) is 6.01. The Bertz CT molecular complexity index is 654. The van der Waals surface area contributed by atoms with Gasteiger partial charge in [-0.05, 0) is 37.0 Å². The highest BCUT2D eigenvalue weighted by Crippen LogP contribution is 2.23. The first-order chi connectivity index (χ1) is 12.3. The quantitative estimate of drug-likeness (QED) is 0.912. The van der Waals surface area contributed by atoms with E-state index in [9.17, 15) is 4.79 Å². The molecule has 1 aliphatic rings. The van der Waals surface area contributed by atoms with E-state index in [1.165, 1.54) is 5.56 Å². The van der Waals surface area contributed by atoms with Gasteiger partial charge in [0.1, 0.15) is 0 Å². The lowest BCUT2D eigenvalue weighted by atomic mass is 10.0. The van der Waals surface area contributed by atoms with Crippen molar-refractivity contribution >= 4 is 11.7 Å². The van der Waals surface area contributed by atoms with E-state index in [0.717, 1.165) is 44.6 Å². The number of hydrogen-bond donors (Lipinski definition) is 1. The van der Waals surface area contributed by atoms with Crippen LogP contribution in [0.4, 0.5) is 10.5 Å². The largest absolute Gasteiger partial charge is 0.341 e. The van der Waals surface area contributed by atoms with Crippen LogP contribution in [0.25, 0.3) is 0 Å². The second kappa shape index (κ2) is 8.62. The van der Waals surface area contributed by atoms with Crippen molar-refractivity contribution in [2.45, 2.75) is 25.3 Å². The molecule has 1 fully saturated rings. The number of piperidine rings is 1. The summed E-state index contributed by atoms with van der Waals surface area (Å²) in [5, 5.41) is 2.76. The SMILES string of the molecule is CNC(=O)N(c1cccnc1)C1CCN(CCc2ccccc2)CC1. The zero-order chi connectivity index (χ0) is 17.5. The number of carbonyl (C=O) groups excluding carboxylic acids is 1. The third-order valence-corrected chi connectivity index (χ3v) is 4.84. The van der Waals surface area contributed by atoms with Crippen LogP contribution in [0, 0.1) is 0 Å². The fourth-order valence-corrected chi connectivity index (χ4v) is 3.44. The van der Waals surface area contributed by atoms with Crippen LogP contribution in [0.3, 0.4) is 0 Å². The third-order valence-electron chi connectivity index (χ3n) is 4.84. The first-order valence-corrected chi connectivity index (χ1v) is 8.95. The Balaban J connectivity index is 1.57. The summed E-state index contributed by atoms with van der Waals surface area (Å²) >= 11 is 0. The molecule has 25 heavy (non-hydrogen) atoms. The number of aromatic nitrogens is 1. The van der Waals surface area contributed by atoms with Gasteiger partial charge >= 0.3 is 6.03 Å². The molecule has 2 amide bonds. The Labute approximate surface area is 149 Å². The molecule has 5 nitrogen and oxygen atoms in total. The maximum Gasteiger partial charge on any atom is 0.321 e. The van der Waals surface area contributed by atoms with Gasteiger partial charge in [-0.1, -0.05) is 30.3 Å². The molecule has 1 aromatic heterocycles. The maximum atomic E-state index is 12.4. The zero-order valence-electron chi connectivity index (χ0n) is 14.8. The molecule has 2 heterocycles. The molecule has 0 bridgehead atoms. The Morgan fingerprint density at radius 2 is 1.96 bits per heavy atom. The summed E-state index contributed by atoms with van der Waals surface area (Å²) in [6.45, 7) is 3.11. The van der Waals surface area contributed by atoms with E-state index in [0.29, 0.717) is 0 Å². The molecule has 2 aromatic rings. The van der Waals surface area contributed by atoms with Crippen LogP contribution in [0.2, 0.25) is 0 Å². The summed E-state index contributed by atoms with van der Waals surface area (Å²) in [6, 6.07) is 14.6. The van der Waals surface area contributed by atoms with Gasteiger partial charge in [0.15, 0.2) is 0 Å². The predicted molar refractivity (Wildman–Crippen MR) is 101 cm³/mol. The van der Waals surface area contributed by atoms with Crippen molar-refractivity contribution in [2.24, 2.45) is 0 Å². The van der Waals surface area contributed by atoms with Crippen molar-refractivity contribution in [3.63, 3.8) is 0 Å². The van der Waals surface area contributed by atoms with Crippen molar-refractivity contribution in [1.29, 1.82) is 0 Å². The summed E-state index contributed by atoms with van der Waals surface area (Å²) in [4.78, 5) is 20.9. The first kappa shape index (κ1) is 17.4. The number of urea groups is 1. The van der Waals surface area contributed by atoms with Gasteiger partial charge in [-0.2, -0.15) is 0 Å². The molecule has 1 saturated heterocycles. The first-order valence-electron chi connectivity index (χ1n) is 8.95. The molecule has 0 spiro atoms.